The predicted molar refractivity (Wildman–Crippen MR) is 298 cm³/mol. The molecule has 2 saturated heterocycles. The van der Waals surface area contributed by atoms with Crippen LogP contribution in [0.25, 0.3) is 0 Å². The number of aliphatic hydroxyl groups excluding tert-OH is 7. The molecule has 0 aliphatic carbocycles. The van der Waals surface area contributed by atoms with Gasteiger partial charge in [0.2, 0.25) is 0 Å². The summed E-state index contributed by atoms with van der Waals surface area (Å²) in [5.74, 6) is -0.395. The predicted octanol–water partition coefficient (Wildman–Crippen LogP) is 10.4. The fourth-order valence-electron chi connectivity index (χ4n) is 8.69. The molecule has 2 rings (SSSR count). The second kappa shape index (κ2) is 47.2. The Hall–Kier alpha value is -2.83. The first-order valence-corrected chi connectivity index (χ1v) is 29.2. The first kappa shape index (κ1) is 68.3. The summed E-state index contributed by atoms with van der Waals surface area (Å²) in [4.78, 5) is 13.1. The number of unbranched alkanes of at least 4 members (excludes halogenated alkanes) is 18. The Labute approximate surface area is 452 Å². The van der Waals surface area contributed by atoms with Crippen molar-refractivity contribution in [3.8, 4) is 0 Å². The van der Waals surface area contributed by atoms with E-state index in [1.54, 1.807) is 0 Å². The van der Waals surface area contributed by atoms with Gasteiger partial charge >= 0.3 is 5.97 Å². The Morgan fingerprint density at radius 1 is 0.453 bits per heavy atom. The van der Waals surface area contributed by atoms with E-state index in [-0.39, 0.29) is 19.6 Å². The minimum absolute atomic E-state index is 0.0468. The van der Waals surface area contributed by atoms with E-state index in [4.69, 9.17) is 28.4 Å². The van der Waals surface area contributed by atoms with Crippen LogP contribution in [0.2, 0.25) is 0 Å². The van der Waals surface area contributed by atoms with Crippen molar-refractivity contribution in [3.05, 3.63) is 85.1 Å². The van der Waals surface area contributed by atoms with Gasteiger partial charge in [-0.25, -0.2) is 0 Å². The Kier molecular flexibility index (Phi) is 43.0. The van der Waals surface area contributed by atoms with E-state index in [0.29, 0.717) is 13.0 Å². The summed E-state index contributed by atoms with van der Waals surface area (Å²) in [7, 11) is 0. The Balaban J connectivity index is 1.72. The largest absolute Gasteiger partial charge is 0.457 e. The molecule has 0 aromatic rings. The van der Waals surface area contributed by atoms with E-state index >= 15 is 0 Å². The van der Waals surface area contributed by atoms with Crippen LogP contribution in [0.15, 0.2) is 85.1 Å². The molecular formula is C61H104O14. The summed E-state index contributed by atoms with van der Waals surface area (Å²) in [6.07, 6.45) is 44.9. The molecule has 2 fully saturated rings. The number of hydrogen-bond donors (Lipinski definition) is 7. The number of ether oxygens (including phenoxy) is 6. The lowest BCUT2D eigenvalue weighted by molar-refractivity contribution is -0.332. The summed E-state index contributed by atoms with van der Waals surface area (Å²) in [5.41, 5.74) is 0. The molecule has 0 saturated carbocycles. The van der Waals surface area contributed by atoms with E-state index in [1.807, 2.05) is 0 Å². The molecule has 14 heteroatoms. The molecule has 2 aliphatic rings. The van der Waals surface area contributed by atoms with Crippen molar-refractivity contribution in [2.24, 2.45) is 0 Å². The third-order valence-corrected chi connectivity index (χ3v) is 13.4. The summed E-state index contributed by atoms with van der Waals surface area (Å²) >= 11 is 0. The number of esters is 1. The van der Waals surface area contributed by atoms with E-state index in [1.165, 1.54) is 64.2 Å². The molecule has 0 spiro atoms. The van der Waals surface area contributed by atoms with Crippen LogP contribution < -0.4 is 0 Å². The average molecular weight is 1060 g/mol. The van der Waals surface area contributed by atoms with E-state index in [2.05, 4.69) is 98.9 Å². The number of carbonyl (C=O) groups excluding carboxylic acids is 1. The number of hydrogen-bond acceptors (Lipinski definition) is 14. The smallest absolute Gasteiger partial charge is 0.306 e. The molecular weight excluding hydrogens is 957 g/mol. The molecule has 432 valence electrons. The highest BCUT2D eigenvalue weighted by Crippen LogP contribution is 2.26. The Morgan fingerprint density at radius 3 is 1.37 bits per heavy atom. The van der Waals surface area contributed by atoms with Gasteiger partial charge in [0.25, 0.3) is 0 Å². The monoisotopic (exact) mass is 1060 g/mol. The van der Waals surface area contributed by atoms with Crippen LogP contribution in [-0.4, -0.2) is 142 Å². The van der Waals surface area contributed by atoms with Crippen LogP contribution in [0, 0.1) is 0 Å². The van der Waals surface area contributed by atoms with Crippen molar-refractivity contribution in [2.75, 3.05) is 33.0 Å². The molecule has 75 heavy (non-hydrogen) atoms. The first-order chi connectivity index (χ1) is 36.6. The van der Waals surface area contributed by atoms with Crippen molar-refractivity contribution < 1.29 is 69.0 Å². The molecule has 2 aliphatic heterocycles. The van der Waals surface area contributed by atoms with Crippen LogP contribution in [-0.2, 0) is 33.2 Å². The third kappa shape index (κ3) is 33.9. The standard InChI is InChI=1S/C61H104O14/c1-3-5-7-9-11-13-15-17-19-21-22-23-24-25-26-27-28-29-30-32-34-36-38-40-42-44-53(63)73-50(47-70-45-43-41-39-37-35-33-31-20-18-16-14-12-10-8-6-4-2)48-71-60-59(69)57(67)55(65)52(75-60)49-72-61-58(68)56(66)54(64)51(46-62)74-61/h5,7,11,13,17-20,22-23,25-26,28-29,50-52,54-62,64-69H,3-4,6,8-10,12,14-16,21,24,27,30-49H2,1-2H3/b7-5-,13-11-,19-17-,20-18-,23-22-,26-25-,29-28-. The molecule has 2 heterocycles. The highest BCUT2D eigenvalue weighted by molar-refractivity contribution is 5.69. The number of aliphatic hydroxyl groups is 7. The van der Waals surface area contributed by atoms with Gasteiger partial charge in [0.05, 0.1) is 26.4 Å². The van der Waals surface area contributed by atoms with Crippen molar-refractivity contribution in [1.29, 1.82) is 0 Å². The maximum absolute atomic E-state index is 13.1. The minimum atomic E-state index is -1.72. The molecule has 0 bridgehead atoms. The molecule has 14 nitrogen and oxygen atoms in total. The van der Waals surface area contributed by atoms with E-state index < -0.39 is 86.7 Å². The number of carbonyl (C=O) groups is 1. The normalized spacial score (nSPS) is 25.2. The van der Waals surface area contributed by atoms with Crippen molar-refractivity contribution >= 4 is 5.97 Å². The second-order valence-electron chi connectivity index (χ2n) is 20.1. The van der Waals surface area contributed by atoms with Gasteiger partial charge in [0.1, 0.15) is 54.9 Å². The molecule has 11 unspecified atom stereocenters. The van der Waals surface area contributed by atoms with Gasteiger partial charge in [0, 0.05) is 13.0 Å². The molecule has 11 atom stereocenters. The Morgan fingerprint density at radius 2 is 0.867 bits per heavy atom. The zero-order valence-corrected chi connectivity index (χ0v) is 46.3. The van der Waals surface area contributed by atoms with Gasteiger partial charge < -0.3 is 64.2 Å². The van der Waals surface area contributed by atoms with Gasteiger partial charge in [-0.05, 0) is 89.9 Å². The highest BCUT2D eigenvalue weighted by atomic mass is 16.7. The minimum Gasteiger partial charge on any atom is -0.457 e. The number of allylic oxidation sites excluding steroid dienone is 14. The zero-order valence-electron chi connectivity index (χ0n) is 46.3. The Bertz CT molecular complexity index is 1560. The van der Waals surface area contributed by atoms with E-state index in [0.717, 1.165) is 103 Å². The molecule has 7 N–H and O–H groups in total. The fraction of sp³-hybridized carbons (Fsp3) is 0.754. The fourth-order valence-corrected chi connectivity index (χ4v) is 8.69. The highest BCUT2D eigenvalue weighted by Gasteiger charge is 2.47. The van der Waals surface area contributed by atoms with Gasteiger partial charge in [0.15, 0.2) is 12.6 Å². The summed E-state index contributed by atoms with van der Waals surface area (Å²) in [6.45, 7) is 3.53. The molecule has 0 radical (unpaired) electrons. The summed E-state index contributed by atoms with van der Waals surface area (Å²) < 4.78 is 34.4. The SMILES string of the molecule is CC/C=C\C/C=C\C/C=C\C/C=C\C/C=C\C/C=C\CCCCCCCCC(=O)OC(COCCCCCCCC/C=C\CCCCCCCC)COC1OC(COC2OC(CO)C(O)C(O)C2O)C(O)C(O)C1O. The van der Waals surface area contributed by atoms with Crippen LogP contribution in [0.3, 0.4) is 0 Å². The maximum atomic E-state index is 13.1. The molecule has 0 amide bonds. The maximum Gasteiger partial charge on any atom is 0.306 e. The first-order valence-electron chi connectivity index (χ1n) is 29.2. The van der Waals surface area contributed by atoms with Crippen molar-refractivity contribution in [3.63, 3.8) is 0 Å². The van der Waals surface area contributed by atoms with Gasteiger partial charge in [-0.1, -0.05) is 182 Å². The lowest BCUT2D eigenvalue weighted by Crippen LogP contribution is -2.61. The summed E-state index contributed by atoms with van der Waals surface area (Å²) in [6, 6.07) is 0. The number of rotatable bonds is 46. The molecule has 0 aromatic carbocycles. The molecule has 0 aromatic heterocycles. The lowest BCUT2D eigenvalue weighted by Gasteiger charge is -2.42. The van der Waals surface area contributed by atoms with Gasteiger partial charge in [-0.2, -0.15) is 0 Å². The van der Waals surface area contributed by atoms with Gasteiger partial charge in [-0.3, -0.25) is 4.79 Å². The zero-order chi connectivity index (χ0) is 54.4. The lowest BCUT2D eigenvalue weighted by atomic mass is 9.98. The van der Waals surface area contributed by atoms with Crippen molar-refractivity contribution in [1.82, 2.24) is 0 Å². The van der Waals surface area contributed by atoms with Crippen LogP contribution in [0.5, 0.6) is 0 Å². The average Bonchev–Trinajstić information content (AvgIpc) is 3.41. The van der Waals surface area contributed by atoms with Crippen LogP contribution in [0.1, 0.15) is 194 Å². The van der Waals surface area contributed by atoms with Crippen LogP contribution >= 0.6 is 0 Å². The van der Waals surface area contributed by atoms with Crippen LogP contribution in [0.4, 0.5) is 0 Å². The quantitative estimate of drug-likeness (QED) is 0.0172. The second-order valence-corrected chi connectivity index (χ2v) is 20.1. The third-order valence-electron chi connectivity index (χ3n) is 13.4. The van der Waals surface area contributed by atoms with Crippen molar-refractivity contribution in [2.45, 2.75) is 261 Å². The van der Waals surface area contributed by atoms with E-state index in [9.17, 15) is 40.5 Å². The topological polar surface area (TPSA) is 214 Å². The van der Waals surface area contributed by atoms with Gasteiger partial charge in [-0.15, -0.1) is 0 Å². The summed E-state index contributed by atoms with van der Waals surface area (Å²) in [5, 5.41) is 72.3.